The van der Waals surface area contributed by atoms with Crippen LogP contribution in [-0.2, 0) is 5.41 Å². The van der Waals surface area contributed by atoms with Gasteiger partial charge in [0, 0.05) is 42.7 Å². The number of fused-ring (bicyclic) bond motifs is 15. The average Bonchev–Trinajstić information content (AvgIpc) is 3.99. The Labute approximate surface area is 375 Å². The molecular weight excluding hydrogens is 793 g/mol. The first-order valence-electron chi connectivity index (χ1n) is 22.1. The summed E-state index contributed by atoms with van der Waals surface area (Å²) in [4.78, 5) is 2.60. The molecule has 2 nitrogen and oxygen atoms in total. The van der Waals surface area contributed by atoms with Gasteiger partial charge in [0.1, 0.15) is 0 Å². The topological polar surface area (TPSA) is 9.86 Å². The molecule has 0 fully saturated rings. The fraction of sp³-hybridized carbons (Fsp3) is 0.0164. The Balaban J connectivity index is 0.918. The molecule has 64 heavy (non-hydrogen) atoms. The maximum atomic E-state index is 2.49. The smallest absolute Gasteiger partial charge is 0.0735 e. The molecule has 2 aliphatic rings. The van der Waals surface area contributed by atoms with Gasteiger partial charge < -0.3 is 9.13 Å². The average molecular weight is 831 g/mol. The van der Waals surface area contributed by atoms with Gasteiger partial charge in [-0.2, -0.15) is 0 Å². The van der Waals surface area contributed by atoms with Crippen LogP contribution in [0.1, 0.15) is 22.3 Å². The first kappa shape index (κ1) is 35.7. The third-order valence-electron chi connectivity index (χ3n) is 14.0. The minimum Gasteiger partial charge on any atom is -0.309 e. The molecule has 2 aromatic heterocycles. The van der Waals surface area contributed by atoms with E-state index in [-0.39, 0.29) is 0 Å². The van der Waals surface area contributed by atoms with Gasteiger partial charge in [0.05, 0.1) is 27.5 Å². The maximum Gasteiger partial charge on any atom is 0.0735 e. The Morgan fingerprint density at radius 1 is 0.281 bits per heavy atom. The van der Waals surface area contributed by atoms with E-state index < -0.39 is 5.41 Å². The number of hydrogen-bond acceptors (Lipinski definition) is 1. The number of para-hydroxylation sites is 4. The third-order valence-corrected chi connectivity index (χ3v) is 15.2. The largest absolute Gasteiger partial charge is 0.309 e. The van der Waals surface area contributed by atoms with E-state index in [1.165, 1.54) is 109 Å². The Hall–Kier alpha value is -7.85. The summed E-state index contributed by atoms with van der Waals surface area (Å²) in [6.07, 6.45) is 0. The Kier molecular flexibility index (Phi) is 7.57. The number of rotatable bonds is 4. The summed E-state index contributed by atoms with van der Waals surface area (Å²) in [5.41, 5.74) is 19.5. The standard InChI is InChI=1S/C61H38N2S/c1-7-19-51-45(13-1)46-14-2-8-20-52(46)61(51)53-37-41(39-25-31-43(32-26-39)62-55-21-9-3-15-47(55)48-16-4-10-22-56(48)62)29-35-59(53)64-60-36-30-42(38-54(60)61)40-27-33-44(34-28-40)63-57-23-11-5-17-49(57)50-18-6-12-24-58(50)63/h1-38H. The van der Waals surface area contributed by atoms with E-state index in [1.54, 1.807) is 0 Å². The molecule has 0 amide bonds. The summed E-state index contributed by atoms with van der Waals surface area (Å²) >= 11 is 1.90. The Morgan fingerprint density at radius 3 is 1.00 bits per heavy atom. The van der Waals surface area contributed by atoms with Crippen LogP contribution in [0.15, 0.2) is 240 Å². The third kappa shape index (κ3) is 4.93. The van der Waals surface area contributed by atoms with Gasteiger partial charge in [0.2, 0.25) is 0 Å². The van der Waals surface area contributed by atoms with Crippen molar-refractivity contribution >= 4 is 55.4 Å². The second kappa shape index (κ2) is 13.6. The molecule has 0 atom stereocenters. The predicted octanol–water partition coefficient (Wildman–Crippen LogP) is 16.0. The summed E-state index contributed by atoms with van der Waals surface area (Å²) in [6.45, 7) is 0. The highest BCUT2D eigenvalue weighted by Crippen LogP contribution is 2.63. The van der Waals surface area contributed by atoms with Gasteiger partial charge in [0.15, 0.2) is 0 Å². The van der Waals surface area contributed by atoms with E-state index in [2.05, 4.69) is 240 Å². The van der Waals surface area contributed by atoms with Crippen LogP contribution in [0.3, 0.4) is 0 Å². The van der Waals surface area contributed by atoms with Crippen LogP contribution >= 0.6 is 11.8 Å². The molecule has 0 unspecified atom stereocenters. The predicted molar refractivity (Wildman–Crippen MR) is 267 cm³/mol. The van der Waals surface area contributed by atoms with Crippen molar-refractivity contribution < 1.29 is 0 Å². The summed E-state index contributed by atoms with van der Waals surface area (Å²) in [7, 11) is 0. The molecule has 298 valence electrons. The lowest BCUT2D eigenvalue weighted by Gasteiger charge is -2.40. The number of nitrogens with zero attached hydrogens (tertiary/aromatic N) is 2. The molecule has 0 N–H and O–H groups in total. The van der Waals surface area contributed by atoms with Gasteiger partial charge in [-0.3, -0.25) is 0 Å². The molecule has 1 aliphatic heterocycles. The van der Waals surface area contributed by atoms with Crippen LogP contribution in [-0.4, -0.2) is 9.13 Å². The van der Waals surface area contributed by atoms with Crippen LogP contribution in [0, 0.1) is 0 Å². The highest BCUT2D eigenvalue weighted by Gasteiger charge is 2.50. The van der Waals surface area contributed by atoms with E-state index in [9.17, 15) is 0 Å². The molecule has 0 radical (unpaired) electrons. The second-order valence-electron chi connectivity index (χ2n) is 17.2. The highest BCUT2D eigenvalue weighted by atomic mass is 32.2. The van der Waals surface area contributed by atoms with Gasteiger partial charge in [0.25, 0.3) is 0 Å². The lowest BCUT2D eigenvalue weighted by atomic mass is 9.66. The van der Waals surface area contributed by atoms with Gasteiger partial charge in [-0.15, -0.1) is 0 Å². The lowest BCUT2D eigenvalue weighted by Crippen LogP contribution is -2.32. The number of benzene rings is 10. The quantitative estimate of drug-likeness (QED) is 0.172. The van der Waals surface area contributed by atoms with E-state index in [1.807, 2.05) is 11.8 Å². The molecule has 0 saturated heterocycles. The molecule has 14 rings (SSSR count). The molecule has 0 saturated carbocycles. The van der Waals surface area contributed by atoms with Crippen molar-refractivity contribution in [1.29, 1.82) is 0 Å². The van der Waals surface area contributed by atoms with Crippen molar-refractivity contribution in [3.63, 3.8) is 0 Å². The monoisotopic (exact) mass is 830 g/mol. The van der Waals surface area contributed by atoms with Crippen molar-refractivity contribution in [1.82, 2.24) is 9.13 Å². The zero-order chi connectivity index (χ0) is 41.9. The Bertz CT molecular complexity index is 3510. The van der Waals surface area contributed by atoms with Crippen LogP contribution in [0.4, 0.5) is 0 Å². The SMILES string of the molecule is c1ccc2c(c1)-c1ccccc1C21c2cc(-c3ccc(-n4c5ccccc5c5ccccc54)cc3)ccc2Sc2ccc(-c3ccc(-n4c5ccccc5c5ccccc54)cc3)cc21. The van der Waals surface area contributed by atoms with Crippen molar-refractivity contribution in [2.45, 2.75) is 15.2 Å². The summed E-state index contributed by atoms with van der Waals surface area (Å²) in [5.74, 6) is 0. The highest BCUT2D eigenvalue weighted by molar-refractivity contribution is 7.99. The normalized spacial score (nSPS) is 13.4. The number of hydrogen-bond donors (Lipinski definition) is 0. The minimum atomic E-state index is -0.499. The lowest BCUT2D eigenvalue weighted by molar-refractivity contribution is 0.723. The molecule has 1 spiro atoms. The molecule has 3 heteroatoms. The molecule has 1 aliphatic carbocycles. The first-order chi connectivity index (χ1) is 31.7. The van der Waals surface area contributed by atoms with Crippen LogP contribution in [0.5, 0.6) is 0 Å². The summed E-state index contributed by atoms with van der Waals surface area (Å²) in [6, 6.07) is 85.8. The van der Waals surface area contributed by atoms with E-state index in [4.69, 9.17) is 0 Å². The molecule has 10 aromatic carbocycles. The van der Waals surface area contributed by atoms with E-state index in [0.717, 1.165) is 11.4 Å². The molecule has 0 bridgehead atoms. The van der Waals surface area contributed by atoms with Gasteiger partial charge in [-0.05, 0) is 128 Å². The van der Waals surface area contributed by atoms with E-state index in [0.29, 0.717) is 0 Å². The molecule has 3 heterocycles. The van der Waals surface area contributed by atoms with Crippen molar-refractivity contribution in [2.24, 2.45) is 0 Å². The van der Waals surface area contributed by atoms with Crippen molar-refractivity contribution in [2.75, 3.05) is 0 Å². The molecule has 12 aromatic rings. The second-order valence-corrected chi connectivity index (χ2v) is 18.3. The van der Waals surface area contributed by atoms with Crippen LogP contribution in [0.25, 0.3) is 88.4 Å². The zero-order valence-electron chi connectivity index (χ0n) is 34.7. The van der Waals surface area contributed by atoms with Crippen molar-refractivity contribution in [3.8, 4) is 44.8 Å². The first-order valence-corrected chi connectivity index (χ1v) is 22.9. The van der Waals surface area contributed by atoms with Crippen LogP contribution in [0.2, 0.25) is 0 Å². The van der Waals surface area contributed by atoms with E-state index >= 15 is 0 Å². The zero-order valence-corrected chi connectivity index (χ0v) is 35.6. The minimum absolute atomic E-state index is 0.499. The fourth-order valence-electron chi connectivity index (χ4n) is 11.3. The van der Waals surface area contributed by atoms with Gasteiger partial charge >= 0.3 is 0 Å². The van der Waals surface area contributed by atoms with Crippen molar-refractivity contribution in [3.05, 3.63) is 253 Å². The summed E-state index contributed by atoms with van der Waals surface area (Å²) < 4.78 is 4.79. The summed E-state index contributed by atoms with van der Waals surface area (Å²) in [5, 5.41) is 5.10. The van der Waals surface area contributed by atoms with Gasteiger partial charge in [-0.25, -0.2) is 0 Å². The Morgan fingerprint density at radius 2 is 0.609 bits per heavy atom. The molecular formula is C61H38N2S. The fourth-order valence-corrected chi connectivity index (χ4v) is 12.4. The van der Waals surface area contributed by atoms with Crippen LogP contribution < -0.4 is 0 Å². The van der Waals surface area contributed by atoms with Gasteiger partial charge in [-0.1, -0.05) is 169 Å². The maximum absolute atomic E-state index is 2.49. The number of aromatic nitrogens is 2.